The molecule has 0 radical (unpaired) electrons. The summed E-state index contributed by atoms with van der Waals surface area (Å²) in [7, 11) is 0. The van der Waals surface area contributed by atoms with E-state index in [1.165, 1.54) is 12.1 Å². The minimum Gasteiger partial charge on any atom is -0.478 e. The van der Waals surface area contributed by atoms with E-state index in [1.807, 2.05) is 30.3 Å². The van der Waals surface area contributed by atoms with E-state index in [1.54, 1.807) is 24.5 Å². The lowest BCUT2D eigenvalue weighted by Crippen LogP contribution is -1.96. The van der Waals surface area contributed by atoms with Gasteiger partial charge in [-0.05, 0) is 36.4 Å². The molecule has 5 heteroatoms. The highest BCUT2D eigenvalue weighted by Crippen LogP contribution is 2.12. The summed E-state index contributed by atoms with van der Waals surface area (Å²) in [4.78, 5) is 15.1. The fraction of sp³-hybridized carbons (Fsp3) is 0. The second-order valence-corrected chi connectivity index (χ2v) is 4.71. The van der Waals surface area contributed by atoms with Gasteiger partial charge in [-0.3, -0.25) is 10.4 Å². The first-order chi connectivity index (χ1) is 10.7. The third-order valence-corrected chi connectivity index (χ3v) is 3.15. The molecule has 0 atom stereocenters. The standard InChI is InChI=1S/C17H13N3O2/c21-17(22)13-5-7-15(8-6-13)20-19-11-12-9-14-3-1-2-4-16(14)18-10-12/h1-11,20H,(H,21,22)/b19-11+. The van der Waals surface area contributed by atoms with Gasteiger partial charge in [-0.15, -0.1) is 0 Å². The van der Waals surface area contributed by atoms with Crippen molar-refractivity contribution in [3.05, 3.63) is 71.9 Å². The molecule has 22 heavy (non-hydrogen) atoms. The molecule has 0 saturated carbocycles. The van der Waals surface area contributed by atoms with Crippen LogP contribution in [0.5, 0.6) is 0 Å². The van der Waals surface area contributed by atoms with E-state index < -0.39 is 5.97 Å². The number of hydrazone groups is 1. The summed E-state index contributed by atoms with van der Waals surface area (Å²) in [5.74, 6) is -0.947. The van der Waals surface area contributed by atoms with Crippen LogP contribution < -0.4 is 5.43 Å². The number of hydrogen-bond acceptors (Lipinski definition) is 4. The second-order valence-electron chi connectivity index (χ2n) is 4.71. The van der Waals surface area contributed by atoms with Crippen LogP contribution in [-0.4, -0.2) is 22.3 Å². The first kappa shape index (κ1) is 13.8. The van der Waals surface area contributed by atoms with Crippen molar-refractivity contribution in [3.63, 3.8) is 0 Å². The van der Waals surface area contributed by atoms with Gasteiger partial charge in [0.1, 0.15) is 0 Å². The Morgan fingerprint density at radius 2 is 1.91 bits per heavy atom. The molecule has 1 aromatic heterocycles. The van der Waals surface area contributed by atoms with Crippen LogP contribution in [0.1, 0.15) is 15.9 Å². The lowest BCUT2D eigenvalue weighted by atomic mass is 10.2. The molecule has 0 aliphatic carbocycles. The van der Waals surface area contributed by atoms with Crippen LogP contribution in [0, 0.1) is 0 Å². The van der Waals surface area contributed by atoms with Crippen molar-refractivity contribution in [3.8, 4) is 0 Å². The molecule has 0 bridgehead atoms. The lowest BCUT2D eigenvalue weighted by Gasteiger charge is -2.01. The van der Waals surface area contributed by atoms with Gasteiger partial charge in [0, 0.05) is 17.1 Å². The number of para-hydroxylation sites is 1. The van der Waals surface area contributed by atoms with Crippen LogP contribution >= 0.6 is 0 Å². The third-order valence-electron chi connectivity index (χ3n) is 3.15. The van der Waals surface area contributed by atoms with Gasteiger partial charge in [-0.25, -0.2) is 4.79 Å². The van der Waals surface area contributed by atoms with Gasteiger partial charge in [0.2, 0.25) is 0 Å². The molecule has 2 N–H and O–H groups in total. The number of pyridine rings is 1. The molecule has 0 aliphatic rings. The fourth-order valence-corrected chi connectivity index (χ4v) is 2.03. The van der Waals surface area contributed by atoms with E-state index in [0.29, 0.717) is 0 Å². The zero-order valence-corrected chi connectivity index (χ0v) is 11.6. The van der Waals surface area contributed by atoms with Crippen LogP contribution in [0.4, 0.5) is 5.69 Å². The van der Waals surface area contributed by atoms with Crippen molar-refractivity contribution in [2.75, 3.05) is 5.43 Å². The number of rotatable bonds is 4. The van der Waals surface area contributed by atoms with Crippen LogP contribution in [0.2, 0.25) is 0 Å². The molecule has 0 saturated heterocycles. The summed E-state index contributed by atoms with van der Waals surface area (Å²) in [5.41, 5.74) is 5.64. The van der Waals surface area contributed by atoms with Gasteiger partial charge in [-0.1, -0.05) is 18.2 Å². The number of fused-ring (bicyclic) bond motifs is 1. The predicted octanol–water partition coefficient (Wildman–Crippen LogP) is 3.38. The first-order valence-corrected chi connectivity index (χ1v) is 6.69. The monoisotopic (exact) mass is 291 g/mol. The Hall–Kier alpha value is -3.21. The van der Waals surface area contributed by atoms with Crippen molar-refractivity contribution < 1.29 is 9.90 Å². The van der Waals surface area contributed by atoms with E-state index in [4.69, 9.17) is 5.11 Å². The molecule has 0 unspecified atom stereocenters. The molecule has 1 heterocycles. The van der Waals surface area contributed by atoms with Crippen LogP contribution in [0.3, 0.4) is 0 Å². The molecule has 2 aromatic carbocycles. The molecule has 0 aliphatic heterocycles. The predicted molar refractivity (Wildman–Crippen MR) is 86.4 cm³/mol. The fourth-order valence-electron chi connectivity index (χ4n) is 2.03. The van der Waals surface area contributed by atoms with Crippen molar-refractivity contribution in [2.45, 2.75) is 0 Å². The molecule has 5 nitrogen and oxygen atoms in total. The number of nitrogens with one attached hydrogen (secondary N) is 1. The molecular formula is C17H13N3O2. The molecule has 108 valence electrons. The Bertz CT molecular complexity index is 842. The maximum atomic E-state index is 10.8. The minimum absolute atomic E-state index is 0.244. The molecular weight excluding hydrogens is 278 g/mol. The summed E-state index contributed by atoms with van der Waals surface area (Å²) in [6, 6.07) is 16.3. The average molecular weight is 291 g/mol. The van der Waals surface area contributed by atoms with E-state index in [2.05, 4.69) is 15.5 Å². The molecule has 0 fully saturated rings. The van der Waals surface area contributed by atoms with Gasteiger partial charge in [0.15, 0.2) is 0 Å². The van der Waals surface area contributed by atoms with Crippen LogP contribution in [-0.2, 0) is 0 Å². The summed E-state index contributed by atoms with van der Waals surface area (Å²) in [6.07, 6.45) is 3.42. The summed E-state index contributed by atoms with van der Waals surface area (Å²) in [6.45, 7) is 0. The lowest BCUT2D eigenvalue weighted by molar-refractivity contribution is 0.0697. The normalized spacial score (nSPS) is 10.9. The number of carboxylic acids is 1. The smallest absolute Gasteiger partial charge is 0.335 e. The highest BCUT2D eigenvalue weighted by molar-refractivity contribution is 5.89. The van der Waals surface area contributed by atoms with Crippen LogP contribution in [0.15, 0.2) is 65.9 Å². The van der Waals surface area contributed by atoms with Gasteiger partial charge in [-0.2, -0.15) is 5.10 Å². The molecule has 0 spiro atoms. The number of nitrogens with zero attached hydrogens (tertiary/aromatic N) is 2. The number of anilines is 1. The zero-order valence-electron chi connectivity index (χ0n) is 11.6. The van der Waals surface area contributed by atoms with E-state index in [-0.39, 0.29) is 5.56 Å². The summed E-state index contributed by atoms with van der Waals surface area (Å²) in [5, 5.41) is 14.0. The Labute approximate surface area is 126 Å². The van der Waals surface area contributed by atoms with Gasteiger partial charge >= 0.3 is 5.97 Å². The summed E-state index contributed by atoms with van der Waals surface area (Å²) < 4.78 is 0. The number of carboxylic acid groups (broad SMARTS) is 1. The van der Waals surface area contributed by atoms with Crippen LogP contribution in [0.25, 0.3) is 10.9 Å². The average Bonchev–Trinajstić information content (AvgIpc) is 2.55. The Balaban J connectivity index is 1.71. The minimum atomic E-state index is -0.947. The Kier molecular flexibility index (Phi) is 3.78. The van der Waals surface area contributed by atoms with Gasteiger partial charge in [0.05, 0.1) is 23.0 Å². The molecule has 0 amide bonds. The topological polar surface area (TPSA) is 74.6 Å². The quantitative estimate of drug-likeness (QED) is 0.571. The number of aromatic nitrogens is 1. The van der Waals surface area contributed by atoms with Crippen molar-refractivity contribution in [1.82, 2.24) is 4.98 Å². The summed E-state index contributed by atoms with van der Waals surface area (Å²) >= 11 is 0. The van der Waals surface area contributed by atoms with E-state index >= 15 is 0 Å². The number of aromatic carboxylic acids is 1. The Morgan fingerprint density at radius 3 is 2.68 bits per heavy atom. The third kappa shape index (κ3) is 3.09. The highest BCUT2D eigenvalue weighted by atomic mass is 16.4. The van der Waals surface area contributed by atoms with Crippen molar-refractivity contribution in [1.29, 1.82) is 0 Å². The number of hydrogen-bond donors (Lipinski definition) is 2. The molecule has 3 rings (SSSR count). The zero-order chi connectivity index (χ0) is 15.4. The number of benzene rings is 2. The SMILES string of the molecule is O=C(O)c1ccc(N/N=C/c2cnc3ccccc3c2)cc1. The Morgan fingerprint density at radius 1 is 1.14 bits per heavy atom. The highest BCUT2D eigenvalue weighted by Gasteiger charge is 2.00. The van der Waals surface area contributed by atoms with E-state index in [9.17, 15) is 4.79 Å². The number of carbonyl (C=O) groups is 1. The first-order valence-electron chi connectivity index (χ1n) is 6.69. The maximum Gasteiger partial charge on any atom is 0.335 e. The molecule has 3 aromatic rings. The largest absolute Gasteiger partial charge is 0.478 e. The van der Waals surface area contributed by atoms with Gasteiger partial charge in [0.25, 0.3) is 0 Å². The van der Waals surface area contributed by atoms with Crippen molar-refractivity contribution >= 4 is 28.8 Å². The maximum absolute atomic E-state index is 10.8. The van der Waals surface area contributed by atoms with Gasteiger partial charge < -0.3 is 5.11 Å². The second kappa shape index (κ2) is 6.05. The van der Waals surface area contributed by atoms with Crippen molar-refractivity contribution in [2.24, 2.45) is 5.10 Å². The van der Waals surface area contributed by atoms with E-state index in [0.717, 1.165) is 22.2 Å².